The summed E-state index contributed by atoms with van der Waals surface area (Å²) in [4.78, 5) is 23.8. The lowest BCUT2D eigenvalue weighted by Crippen LogP contribution is -2.14. The highest BCUT2D eigenvalue weighted by Gasteiger charge is 2.31. The van der Waals surface area contributed by atoms with E-state index in [1.54, 1.807) is 0 Å². The number of ketones is 2. The summed E-state index contributed by atoms with van der Waals surface area (Å²) in [6, 6.07) is 10.4. The fraction of sp³-hybridized carbons (Fsp3) is 0.111. The van der Waals surface area contributed by atoms with E-state index in [1.165, 1.54) is 34.6 Å². The molecule has 0 saturated heterocycles. The Hall–Kier alpha value is -2.00. The Labute approximate surface area is 130 Å². The van der Waals surface area contributed by atoms with Gasteiger partial charge in [0.25, 0.3) is 0 Å². The van der Waals surface area contributed by atoms with Crippen LogP contribution in [0.4, 0.5) is 0 Å². The molecule has 0 aromatic heterocycles. The molecule has 0 heterocycles. The number of halogens is 1. The molecule has 0 aliphatic heterocycles. The molecule has 2 aliphatic rings. The van der Waals surface area contributed by atoms with Gasteiger partial charge in [0.15, 0.2) is 11.6 Å². The summed E-state index contributed by atoms with van der Waals surface area (Å²) in [7, 11) is 0. The maximum absolute atomic E-state index is 12.1. The number of rotatable bonds is 1. The zero-order valence-corrected chi connectivity index (χ0v) is 12.7. The monoisotopic (exact) mass is 338 g/mol. The SMILES string of the molecule is O=C1C=CC(=O)C(C2Cc3cc(Br)cc4cccc2c34)=C1. The third-order valence-corrected chi connectivity index (χ3v) is 4.67. The zero-order chi connectivity index (χ0) is 14.6. The van der Waals surface area contributed by atoms with Crippen LogP contribution in [0.2, 0.25) is 0 Å². The van der Waals surface area contributed by atoms with Crippen LogP contribution in [0.5, 0.6) is 0 Å². The molecular weight excluding hydrogens is 328 g/mol. The maximum Gasteiger partial charge on any atom is 0.182 e. The highest BCUT2D eigenvalue weighted by molar-refractivity contribution is 9.10. The summed E-state index contributed by atoms with van der Waals surface area (Å²) in [6.07, 6.45) is 4.99. The van der Waals surface area contributed by atoms with Crippen LogP contribution in [0.3, 0.4) is 0 Å². The minimum atomic E-state index is -0.103. The molecule has 0 radical (unpaired) electrons. The van der Waals surface area contributed by atoms with Crippen molar-refractivity contribution in [1.29, 1.82) is 0 Å². The van der Waals surface area contributed by atoms with Crippen molar-refractivity contribution in [1.82, 2.24) is 0 Å². The average molecular weight is 339 g/mol. The molecule has 1 unspecified atom stereocenters. The number of carbonyl (C=O) groups excluding carboxylic acids is 2. The molecule has 0 bridgehead atoms. The van der Waals surface area contributed by atoms with E-state index in [1.807, 2.05) is 6.07 Å². The lowest BCUT2D eigenvalue weighted by atomic mass is 9.86. The normalized spacial score (nSPS) is 20.2. The Morgan fingerprint density at radius 3 is 2.81 bits per heavy atom. The first kappa shape index (κ1) is 12.7. The molecule has 21 heavy (non-hydrogen) atoms. The van der Waals surface area contributed by atoms with Crippen molar-refractivity contribution in [2.24, 2.45) is 0 Å². The van der Waals surface area contributed by atoms with Crippen molar-refractivity contribution in [3.63, 3.8) is 0 Å². The number of hydrogen-bond acceptors (Lipinski definition) is 2. The van der Waals surface area contributed by atoms with Crippen LogP contribution in [-0.2, 0) is 16.0 Å². The van der Waals surface area contributed by atoms with Crippen LogP contribution >= 0.6 is 15.9 Å². The maximum atomic E-state index is 12.1. The van der Waals surface area contributed by atoms with Crippen LogP contribution in [0.15, 0.2) is 58.6 Å². The smallest absolute Gasteiger partial charge is 0.182 e. The molecule has 102 valence electrons. The van der Waals surface area contributed by atoms with Gasteiger partial charge in [-0.1, -0.05) is 34.1 Å². The average Bonchev–Trinajstić information content (AvgIpc) is 2.82. The van der Waals surface area contributed by atoms with Crippen LogP contribution in [0.1, 0.15) is 17.0 Å². The lowest BCUT2D eigenvalue weighted by molar-refractivity contribution is -0.114. The first-order valence-electron chi connectivity index (χ1n) is 6.82. The number of allylic oxidation sites excluding steroid dienone is 4. The van der Waals surface area contributed by atoms with Crippen molar-refractivity contribution < 1.29 is 9.59 Å². The van der Waals surface area contributed by atoms with Gasteiger partial charge in [0.1, 0.15) is 0 Å². The Bertz CT molecular complexity index is 874. The van der Waals surface area contributed by atoms with Crippen molar-refractivity contribution in [2.45, 2.75) is 12.3 Å². The molecule has 3 heteroatoms. The Morgan fingerprint density at radius 2 is 1.95 bits per heavy atom. The van der Waals surface area contributed by atoms with Crippen LogP contribution in [0, 0.1) is 0 Å². The van der Waals surface area contributed by atoms with E-state index in [-0.39, 0.29) is 17.5 Å². The first-order chi connectivity index (χ1) is 10.1. The predicted molar refractivity (Wildman–Crippen MR) is 85.3 cm³/mol. The summed E-state index contributed by atoms with van der Waals surface area (Å²) in [5.41, 5.74) is 3.00. The van der Waals surface area contributed by atoms with Crippen LogP contribution in [0.25, 0.3) is 10.8 Å². The largest absolute Gasteiger partial charge is 0.290 e. The standard InChI is InChI=1S/C18H11BrO2/c19-12-6-10-2-1-3-14-15(8-11(7-12)18(10)14)16-9-13(20)4-5-17(16)21/h1-7,9,15H,8H2. The van der Waals surface area contributed by atoms with Gasteiger partial charge in [0.05, 0.1) is 0 Å². The number of hydrogen-bond donors (Lipinski definition) is 0. The molecule has 2 aliphatic carbocycles. The van der Waals surface area contributed by atoms with Crippen molar-refractivity contribution in [3.05, 3.63) is 69.7 Å². The third-order valence-electron chi connectivity index (χ3n) is 4.21. The fourth-order valence-corrected chi connectivity index (χ4v) is 3.89. The highest BCUT2D eigenvalue weighted by atomic mass is 79.9. The lowest BCUT2D eigenvalue weighted by Gasteiger charge is -2.15. The number of benzene rings is 2. The molecule has 0 N–H and O–H groups in total. The van der Waals surface area contributed by atoms with Gasteiger partial charge in [-0.25, -0.2) is 0 Å². The van der Waals surface area contributed by atoms with E-state index in [0.29, 0.717) is 5.57 Å². The van der Waals surface area contributed by atoms with E-state index >= 15 is 0 Å². The predicted octanol–water partition coefficient (Wildman–Crippen LogP) is 3.88. The van der Waals surface area contributed by atoms with Crippen LogP contribution in [-0.4, -0.2) is 11.6 Å². The van der Waals surface area contributed by atoms with Gasteiger partial charge < -0.3 is 0 Å². The summed E-state index contributed by atoms with van der Waals surface area (Å²) < 4.78 is 1.04. The van der Waals surface area contributed by atoms with Crippen molar-refractivity contribution >= 4 is 38.3 Å². The van der Waals surface area contributed by atoms with Gasteiger partial charge in [-0.3, -0.25) is 9.59 Å². The zero-order valence-electron chi connectivity index (χ0n) is 11.1. The molecule has 4 rings (SSSR count). The number of carbonyl (C=O) groups is 2. The molecule has 0 saturated carbocycles. The van der Waals surface area contributed by atoms with Gasteiger partial charge in [-0.15, -0.1) is 0 Å². The molecule has 1 atom stereocenters. The minimum absolute atomic E-state index is 0.0144. The first-order valence-corrected chi connectivity index (χ1v) is 7.62. The highest BCUT2D eigenvalue weighted by Crippen LogP contribution is 2.43. The van der Waals surface area contributed by atoms with E-state index in [0.717, 1.165) is 16.5 Å². The third kappa shape index (κ3) is 1.92. The van der Waals surface area contributed by atoms with E-state index in [9.17, 15) is 9.59 Å². The molecule has 0 spiro atoms. The molecule has 0 amide bonds. The van der Waals surface area contributed by atoms with E-state index in [4.69, 9.17) is 0 Å². The van der Waals surface area contributed by atoms with Crippen molar-refractivity contribution in [3.8, 4) is 0 Å². The summed E-state index contributed by atoms with van der Waals surface area (Å²) >= 11 is 3.54. The minimum Gasteiger partial charge on any atom is -0.290 e. The Balaban J connectivity index is 1.91. The summed E-state index contributed by atoms with van der Waals surface area (Å²) in [6.45, 7) is 0. The van der Waals surface area contributed by atoms with Crippen LogP contribution < -0.4 is 0 Å². The Morgan fingerprint density at radius 1 is 1.10 bits per heavy atom. The second-order valence-electron chi connectivity index (χ2n) is 5.47. The summed E-state index contributed by atoms with van der Waals surface area (Å²) in [5.74, 6) is -0.170. The summed E-state index contributed by atoms with van der Waals surface area (Å²) in [5, 5.41) is 2.39. The van der Waals surface area contributed by atoms with Gasteiger partial charge in [-0.05, 0) is 58.7 Å². The molecule has 2 aromatic rings. The molecule has 2 aromatic carbocycles. The van der Waals surface area contributed by atoms with E-state index < -0.39 is 0 Å². The second kappa shape index (κ2) is 4.50. The Kier molecular flexibility index (Phi) is 2.73. The molecule has 0 fully saturated rings. The van der Waals surface area contributed by atoms with Crippen molar-refractivity contribution in [2.75, 3.05) is 0 Å². The van der Waals surface area contributed by atoms with E-state index in [2.05, 4.69) is 40.2 Å². The van der Waals surface area contributed by atoms with Gasteiger partial charge >= 0.3 is 0 Å². The molecular formula is C18H11BrO2. The fourth-order valence-electron chi connectivity index (χ4n) is 3.37. The second-order valence-corrected chi connectivity index (χ2v) is 6.38. The van der Waals surface area contributed by atoms with Gasteiger partial charge in [0.2, 0.25) is 0 Å². The van der Waals surface area contributed by atoms with Gasteiger partial charge in [-0.2, -0.15) is 0 Å². The topological polar surface area (TPSA) is 34.1 Å². The molecule has 2 nitrogen and oxygen atoms in total. The quantitative estimate of drug-likeness (QED) is 0.739. The van der Waals surface area contributed by atoms with Gasteiger partial charge in [0, 0.05) is 16.0 Å².